The van der Waals surface area contributed by atoms with Gasteiger partial charge in [0, 0.05) is 12.6 Å². The van der Waals surface area contributed by atoms with Crippen LogP contribution in [0.3, 0.4) is 0 Å². The van der Waals surface area contributed by atoms with Gasteiger partial charge in [0.05, 0.1) is 12.2 Å². The third-order valence-electron chi connectivity index (χ3n) is 3.62. The number of hydrogen-bond donors (Lipinski definition) is 2. The van der Waals surface area contributed by atoms with Crippen molar-refractivity contribution in [3.63, 3.8) is 0 Å². The van der Waals surface area contributed by atoms with Crippen LogP contribution in [0, 0.1) is 0 Å². The van der Waals surface area contributed by atoms with E-state index in [1.807, 2.05) is 57.2 Å². The van der Waals surface area contributed by atoms with Gasteiger partial charge in [-0.2, -0.15) is 0 Å². The smallest absolute Gasteiger partial charge is 0.255 e. The van der Waals surface area contributed by atoms with Gasteiger partial charge in [0.1, 0.15) is 5.75 Å². The Morgan fingerprint density at radius 1 is 1.00 bits per heavy atom. The zero-order valence-electron chi connectivity index (χ0n) is 15.0. The number of nitrogens with one attached hydrogen (secondary N) is 2. The maximum Gasteiger partial charge on any atom is 0.255 e. The number of para-hydroxylation sites is 3. The number of carbonyl (C=O) groups is 1. The quantitative estimate of drug-likeness (QED) is 0.731. The van der Waals surface area contributed by atoms with Crippen molar-refractivity contribution in [3.05, 3.63) is 54.1 Å². The van der Waals surface area contributed by atoms with Crippen LogP contribution in [0.5, 0.6) is 17.2 Å². The predicted molar refractivity (Wildman–Crippen MR) is 99.6 cm³/mol. The van der Waals surface area contributed by atoms with E-state index in [0.29, 0.717) is 36.0 Å². The molecule has 134 valence electrons. The summed E-state index contributed by atoms with van der Waals surface area (Å²) in [5, 5.41) is 6.20. The van der Waals surface area contributed by atoms with E-state index in [9.17, 15) is 4.79 Å². The van der Waals surface area contributed by atoms with E-state index in [1.54, 1.807) is 12.1 Å². The highest BCUT2D eigenvalue weighted by Gasteiger charge is 2.15. The van der Waals surface area contributed by atoms with E-state index in [1.165, 1.54) is 0 Å². The van der Waals surface area contributed by atoms with Gasteiger partial charge < -0.3 is 20.1 Å². The number of ether oxygens (including phenoxy) is 2. The van der Waals surface area contributed by atoms with Gasteiger partial charge in [-0.05, 0) is 44.7 Å². The molecule has 0 aliphatic carbocycles. The molecule has 0 aliphatic rings. The van der Waals surface area contributed by atoms with Gasteiger partial charge in [0.15, 0.2) is 11.5 Å². The molecule has 25 heavy (non-hydrogen) atoms. The third-order valence-corrected chi connectivity index (χ3v) is 3.62. The molecular formula is C20H26N2O3. The lowest BCUT2D eigenvalue weighted by Crippen LogP contribution is -2.38. The fourth-order valence-corrected chi connectivity index (χ4v) is 2.43. The van der Waals surface area contributed by atoms with E-state index < -0.39 is 0 Å². The summed E-state index contributed by atoms with van der Waals surface area (Å²) >= 11 is 0. The molecule has 2 aromatic carbocycles. The molecule has 0 aliphatic heterocycles. The zero-order chi connectivity index (χ0) is 18.1. The van der Waals surface area contributed by atoms with Crippen molar-refractivity contribution in [1.29, 1.82) is 0 Å². The second-order valence-electron chi connectivity index (χ2n) is 5.65. The van der Waals surface area contributed by atoms with Gasteiger partial charge in [-0.25, -0.2) is 0 Å². The van der Waals surface area contributed by atoms with Crippen molar-refractivity contribution < 1.29 is 14.3 Å². The first-order chi connectivity index (χ1) is 12.2. The van der Waals surface area contributed by atoms with E-state index in [2.05, 4.69) is 10.6 Å². The molecule has 0 saturated carbocycles. The number of benzene rings is 2. The van der Waals surface area contributed by atoms with E-state index in [4.69, 9.17) is 9.47 Å². The van der Waals surface area contributed by atoms with Gasteiger partial charge in [-0.1, -0.05) is 31.2 Å². The largest absolute Gasteiger partial charge is 0.490 e. The number of hydrogen-bond acceptors (Lipinski definition) is 4. The van der Waals surface area contributed by atoms with Crippen molar-refractivity contribution in [2.24, 2.45) is 0 Å². The second kappa shape index (κ2) is 9.69. The van der Waals surface area contributed by atoms with Crippen molar-refractivity contribution in [2.75, 3.05) is 19.7 Å². The normalized spacial score (nSPS) is 11.6. The summed E-state index contributed by atoms with van der Waals surface area (Å²) in [4.78, 5) is 12.5. The van der Waals surface area contributed by atoms with Crippen molar-refractivity contribution in [1.82, 2.24) is 10.6 Å². The van der Waals surface area contributed by atoms with Gasteiger partial charge in [0.2, 0.25) is 0 Å². The standard InChI is InChI=1S/C20H26N2O3/c1-4-21-15(3)14-22-20(23)16-10-6-7-11-17(16)25-19-13-9-8-12-18(19)24-5-2/h6-13,15,21H,4-5,14H2,1-3H3,(H,22,23)/t15-/m1/s1. The topological polar surface area (TPSA) is 59.6 Å². The molecule has 1 atom stereocenters. The van der Waals surface area contributed by atoms with Gasteiger partial charge in [-0.15, -0.1) is 0 Å². The Morgan fingerprint density at radius 2 is 1.64 bits per heavy atom. The summed E-state index contributed by atoms with van der Waals surface area (Å²) in [6.07, 6.45) is 0. The van der Waals surface area contributed by atoms with Crippen LogP contribution in [0.2, 0.25) is 0 Å². The number of rotatable bonds is 9. The lowest BCUT2D eigenvalue weighted by Gasteiger charge is -2.16. The van der Waals surface area contributed by atoms with E-state index in [0.717, 1.165) is 6.54 Å². The summed E-state index contributed by atoms with van der Waals surface area (Å²) in [5.74, 6) is 1.59. The Bertz CT molecular complexity index is 688. The maximum absolute atomic E-state index is 12.5. The number of amides is 1. The minimum absolute atomic E-state index is 0.158. The zero-order valence-corrected chi connectivity index (χ0v) is 15.0. The highest BCUT2D eigenvalue weighted by molar-refractivity contribution is 5.97. The Morgan fingerprint density at radius 3 is 2.32 bits per heavy atom. The number of carbonyl (C=O) groups excluding carboxylic acids is 1. The minimum atomic E-state index is -0.158. The molecule has 0 spiro atoms. The molecule has 0 aromatic heterocycles. The highest BCUT2D eigenvalue weighted by Crippen LogP contribution is 2.32. The van der Waals surface area contributed by atoms with Gasteiger partial charge >= 0.3 is 0 Å². The number of likely N-dealkylation sites (N-methyl/N-ethyl adjacent to an activating group) is 1. The van der Waals surface area contributed by atoms with Crippen LogP contribution in [0.4, 0.5) is 0 Å². The summed E-state index contributed by atoms with van der Waals surface area (Å²) in [7, 11) is 0. The predicted octanol–water partition coefficient (Wildman–Crippen LogP) is 3.61. The van der Waals surface area contributed by atoms with Crippen molar-refractivity contribution in [2.45, 2.75) is 26.8 Å². The molecule has 0 heterocycles. The highest BCUT2D eigenvalue weighted by atomic mass is 16.5. The molecular weight excluding hydrogens is 316 g/mol. The van der Waals surface area contributed by atoms with Crippen LogP contribution < -0.4 is 20.1 Å². The monoisotopic (exact) mass is 342 g/mol. The van der Waals surface area contributed by atoms with Gasteiger partial charge in [-0.3, -0.25) is 4.79 Å². The molecule has 2 aromatic rings. The molecule has 5 heteroatoms. The Balaban J connectivity index is 2.14. The summed E-state index contributed by atoms with van der Waals surface area (Å²) in [5.41, 5.74) is 0.498. The Kier molecular flexibility index (Phi) is 7.29. The first kappa shape index (κ1) is 18.8. The summed E-state index contributed by atoms with van der Waals surface area (Å²) in [6.45, 7) is 7.96. The lowest BCUT2D eigenvalue weighted by molar-refractivity contribution is 0.0948. The first-order valence-corrected chi connectivity index (χ1v) is 8.66. The molecule has 0 bridgehead atoms. The van der Waals surface area contributed by atoms with Crippen LogP contribution in [-0.4, -0.2) is 31.6 Å². The first-order valence-electron chi connectivity index (χ1n) is 8.66. The fraction of sp³-hybridized carbons (Fsp3) is 0.350. The van der Waals surface area contributed by atoms with Crippen molar-refractivity contribution >= 4 is 5.91 Å². The molecule has 0 radical (unpaired) electrons. The average molecular weight is 342 g/mol. The molecule has 0 saturated heterocycles. The maximum atomic E-state index is 12.5. The van der Waals surface area contributed by atoms with Crippen LogP contribution in [0.1, 0.15) is 31.1 Å². The van der Waals surface area contributed by atoms with Gasteiger partial charge in [0.25, 0.3) is 5.91 Å². The lowest BCUT2D eigenvalue weighted by atomic mass is 10.2. The Hall–Kier alpha value is -2.53. The molecule has 2 rings (SSSR count). The second-order valence-corrected chi connectivity index (χ2v) is 5.65. The van der Waals surface area contributed by atoms with Crippen LogP contribution in [0.15, 0.2) is 48.5 Å². The minimum Gasteiger partial charge on any atom is -0.490 e. The van der Waals surface area contributed by atoms with E-state index >= 15 is 0 Å². The van der Waals surface area contributed by atoms with Crippen molar-refractivity contribution in [3.8, 4) is 17.2 Å². The molecule has 5 nitrogen and oxygen atoms in total. The van der Waals surface area contributed by atoms with Crippen LogP contribution in [-0.2, 0) is 0 Å². The third kappa shape index (κ3) is 5.50. The van der Waals surface area contributed by atoms with Crippen LogP contribution >= 0.6 is 0 Å². The summed E-state index contributed by atoms with van der Waals surface area (Å²) < 4.78 is 11.5. The summed E-state index contributed by atoms with van der Waals surface area (Å²) in [6, 6.07) is 14.8. The molecule has 0 fully saturated rings. The Labute approximate surface area is 149 Å². The fourth-order valence-electron chi connectivity index (χ4n) is 2.43. The average Bonchev–Trinajstić information content (AvgIpc) is 2.62. The molecule has 1 amide bonds. The SMILES string of the molecule is CCN[C@H](C)CNC(=O)c1ccccc1Oc1ccccc1OCC. The molecule has 2 N–H and O–H groups in total. The van der Waals surface area contributed by atoms with Crippen LogP contribution in [0.25, 0.3) is 0 Å². The van der Waals surface area contributed by atoms with E-state index in [-0.39, 0.29) is 11.9 Å². The molecule has 0 unspecified atom stereocenters.